The zero-order valence-corrected chi connectivity index (χ0v) is 49.7. The monoisotopic (exact) mass is 1360 g/mol. The van der Waals surface area contributed by atoms with E-state index in [1.165, 1.54) is 29.4 Å². The Morgan fingerprint density at radius 2 is 0.333 bits per heavy atom. The average Bonchev–Trinajstić information content (AvgIpc) is 3.32. The average molecular weight is 1360 g/mol. The van der Waals surface area contributed by atoms with Crippen LogP contribution in [0.5, 0.6) is 0 Å². The molecule has 6 atom stereocenters. The molecule has 0 amide bonds. The quantitative estimate of drug-likeness (QED) is 0.119. The van der Waals surface area contributed by atoms with Crippen LogP contribution in [-0.4, -0.2) is 0 Å². The normalized spacial score (nSPS) is 21.2. The van der Waals surface area contributed by atoms with E-state index in [-0.39, 0.29) is 0 Å². The Morgan fingerprint density at radius 3 is 0.455 bits per heavy atom. The highest BCUT2D eigenvalue weighted by atomic mass is 79.9. The highest BCUT2D eigenvalue weighted by molar-refractivity contribution is 9.11. The molecule has 0 aliphatic heterocycles. The predicted octanol–water partition coefficient (Wildman–Crippen LogP) is 22.6. The van der Waals surface area contributed by atoms with Gasteiger partial charge in [0.2, 0.25) is 0 Å². The topological polar surface area (TPSA) is 0 Å². The highest BCUT2D eigenvalue weighted by Gasteiger charge is 2.46. The molecule has 0 heterocycles. The molecule has 0 aromatic heterocycles. The molecule has 0 unspecified atom stereocenters. The second kappa shape index (κ2) is 22.5. The van der Waals surface area contributed by atoms with E-state index in [0.717, 1.165) is 65.4 Å². The van der Waals surface area contributed by atoms with Crippen molar-refractivity contribution in [2.75, 3.05) is 0 Å². The maximum Gasteiger partial charge on any atom is 0.0351 e. The van der Waals surface area contributed by atoms with E-state index in [1.54, 1.807) is 33.4 Å². The third-order valence-corrected chi connectivity index (χ3v) is 23.3. The van der Waals surface area contributed by atoms with E-state index in [1.807, 2.05) is 0 Å². The van der Waals surface area contributed by atoms with Gasteiger partial charge in [0.25, 0.3) is 0 Å². The van der Waals surface area contributed by atoms with Crippen LogP contribution in [-0.2, 0) is 0 Å². The van der Waals surface area contributed by atoms with Crippen LogP contribution in [0.15, 0.2) is 202 Å². The van der Waals surface area contributed by atoms with Gasteiger partial charge in [0.15, 0.2) is 0 Å². The first-order valence-electron chi connectivity index (χ1n) is 21.9. The van der Waals surface area contributed by atoms with E-state index >= 15 is 0 Å². The molecule has 0 N–H and O–H groups in total. The van der Waals surface area contributed by atoms with E-state index in [0.29, 0.717) is 31.5 Å². The zero-order valence-electron chi connectivity index (χ0n) is 35.3. The fourth-order valence-electron chi connectivity index (χ4n) is 9.50. The standard InChI is InChI=1S/C54H42Br6S6/c55-31-1-13-37(14-2-31)61-43-25-26-44(62-38-15-3-32(56)4-16-38)50-49(43)51-45(63-39-17-5-33(57)6-18-39)27-28-46(64-40-19-7-34(58)8-20-40)53(51)54-48(66-42-23-11-36(60)12-24-42)30-29-47(52(50)54)65-41-21-9-35(59)10-22-41/h1-24,43-48H,25-30H2/t43-,44-,45-,46-,47-,48-/m1/s1. The molecular formula is C54H42Br6S6. The first kappa shape index (κ1) is 49.1. The Bertz CT molecular complexity index is 2270. The fraction of sp³-hybridized carbons (Fsp3) is 0.222. The summed E-state index contributed by atoms with van der Waals surface area (Å²) in [5, 5.41) is 1.86. The molecule has 0 nitrogen and oxygen atoms in total. The fourth-order valence-corrected chi connectivity index (χ4v) is 18.6. The molecule has 10 rings (SSSR count). The smallest absolute Gasteiger partial charge is 0.0351 e. The van der Waals surface area contributed by atoms with Crippen molar-refractivity contribution in [3.63, 3.8) is 0 Å². The molecule has 0 radical (unpaired) electrons. The van der Waals surface area contributed by atoms with Crippen molar-refractivity contribution in [1.82, 2.24) is 0 Å². The summed E-state index contributed by atoms with van der Waals surface area (Å²) in [5.74, 6) is 0. The third kappa shape index (κ3) is 11.6. The van der Waals surface area contributed by atoms with Gasteiger partial charge in [-0.1, -0.05) is 95.6 Å². The molecule has 3 aliphatic rings. The van der Waals surface area contributed by atoms with Crippen LogP contribution in [0.2, 0.25) is 0 Å². The minimum atomic E-state index is 0.310. The summed E-state index contributed by atoms with van der Waals surface area (Å²) in [6.07, 6.45) is 6.72. The minimum Gasteiger partial charge on any atom is -0.118 e. The summed E-state index contributed by atoms with van der Waals surface area (Å²) >= 11 is 35.0. The first-order chi connectivity index (χ1) is 32.1. The van der Waals surface area contributed by atoms with Gasteiger partial charge in [-0.25, -0.2) is 0 Å². The van der Waals surface area contributed by atoms with E-state index < -0.39 is 0 Å². The van der Waals surface area contributed by atoms with Crippen molar-refractivity contribution in [2.45, 2.75) is 99.4 Å². The van der Waals surface area contributed by atoms with Crippen molar-refractivity contribution in [3.05, 3.63) is 206 Å². The molecule has 66 heavy (non-hydrogen) atoms. The lowest BCUT2D eigenvalue weighted by Crippen LogP contribution is -2.28. The van der Waals surface area contributed by atoms with Gasteiger partial charge >= 0.3 is 0 Å². The molecule has 7 aromatic rings. The lowest BCUT2D eigenvalue weighted by Gasteiger charge is -2.46. The zero-order chi connectivity index (χ0) is 45.3. The number of hydrogen-bond donors (Lipinski definition) is 0. The van der Waals surface area contributed by atoms with Crippen LogP contribution >= 0.6 is 166 Å². The summed E-state index contributed by atoms with van der Waals surface area (Å²) in [7, 11) is 0. The summed E-state index contributed by atoms with van der Waals surface area (Å²) < 4.78 is 6.72. The minimum absolute atomic E-state index is 0.310. The van der Waals surface area contributed by atoms with Crippen LogP contribution in [0.3, 0.4) is 0 Å². The van der Waals surface area contributed by atoms with Crippen molar-refractivity contribution in [2.24, 2.45) is 0 Å². The lowest BCUT2D eigenvalue weighted by atomic mass is 9.71. The van der Waals surface area contributed by atoms with E-state index in [9.17, 15) is 0 Å². The Hall–Kier alpha value is -0.480. The van der Waals surface area contributed by atoms with Crippen molar-refractivity contribution in [1.29, 1.82) is 0 Å². The lowest BCUT2D eigenvalue weighted by molar-refractivity contribution is 0.578. The Morgan fingerprint density at radius 1 is 0.212 bits per heavy atom. The predicted molar refractivity (Wildman–Crippen MR) is 311 cm³/mol. The first-order valence-corrected chi connectivity index (χ1v) is 31.9. The van der Waals surface area contributed by atoms with Crippen LogP contribution in [0.4, 0.5) is 0 Å². The Labute approximate surface area is 465 Å². The van der Waals surface area contributed by atoms with Crippen LogP contribution in [0.25, 0.3) is 0 Å². The SMILES string of the molecule is Brc1ccc(S[C@@H]2CC[C@@H](Sc3ccc(Br)cc3)c3c2c2c(c4c3[C@H](Sc3ccc(Br)cc3)CC[C@H]4Sc3ccc(Br)cc3)[C@H](Sc3ccc(Br)cc3)CC[C@H]2Sc2ccc(Br)cc2)cc1. The second-order valence-corrected chi connectivity index (χ2v) is 29.7. The number of benzene rings is 7. The number of hydrogen-bond acceptors (Lipinski definition) is 6. The van der Waals surface area contributed by atoms with E-state index in [4.69, 9.17) is 0 Å². The highest BCUT2D eigenvalue weighted by Crippen LogP contribution is 2.67. The molecular weight excluding hydrogens is 1320 g/mol. The summed E-state index contributed by atoms with van der Waals surface area (Å²) in [6, 6.07) is 54.4. The Kier molecular flexibility index (Phi) is 16.8. The van der Waals surface area contributed by atoms with E-state index in [2.05, 4.69) is 312 Å². The number of thioether (sulfide) groups is 6. The maximum atomic E-state index is 3.75. The molecule has 12 heteroatoms. The molecule has 0 bridgehead atoms. The van der Waals surface area contributed by atoms with Crippen molar-refractivity contribution < 1.29 is 0 Å². The molecule has 0 saturated heterocycles. The van der Waals surface area contributed by atoms with Crippen molar-refractivity contribution >= 4 is 166 Å². The van der Waals surface area contributed by atoms with Gasteiger partial charge in [0, 0.05) is 87.7 Å². The van der Waals surface area contributed by atoms with Crippen LogP contribution in [0, 0.1) is 0 Å². The van der Waals surface area contributed by atoms with Gasteiger partial charge in [0.05, 0.1) is 0 Å². The van der Waals surface area contributed by atoms with Gasteiger partial charge in [-0.05, 0) is 217 Å². The van der Waals surface area contributed by atoms with Gasteiger partial charge in [-0.2, -0.15) is 0 Å². The van der Waals surface area contributed by atoms with Crippen LogP contribution < -0.4 is 0 Å². The molecule has 0 saturated carbocycles. The molecule has 7 aromatic carbocycles. The number of halogens is 6. The summed E-state index contributed by atoms with van der Waals surface area (Å²) in [6.45, 7) is 0. The largest absolute Gasteiger partial charge is 0.118 e. The second-order valence-electron chi connectivity index (χ2n) is 16.6. The number of rotatable bonds is 12. The maximum absolute atomic E-state index is 3.75. The summed E-state index contributed by atoms with van der Waals surface area (Å²) in [4.78, 5) is 7.99. The van der Waals surface area contributed by atoms with Crippen LogP contribution in [0.1, 0.15) is 103 Å². The molecule has 0 fully saturated rings. The summed E-state index contributed by atoms with van der Waals surface area (Å²) in [5.41, 5.74) is 9.77. The van der Waals surface area contributed by atoms with Gasteiger partial charge < -0.3 is 0 Å². The van der Waals surface area contributed by atoms with Gasteiger partial charge in [0.1, 0.15) is 0 Å². The van der Waals surface area contributed by atoms with Gasteiger partial charge in [-0.15, -0.1) is 70.6 Å². The molecule has 3 aliphatic carbocycles. The Balaban J connectivity index is 1.27. The molecule has 336 valence electrons. The molecule has 0 spiro atoms. The third-order valence-electron chi connectivity index (χ3n) is 12.3. The number of fused-ring (bicyclic) bond motifs is 6. The van der Waals surface area contributed by atoms with Gasteiger partial charge in [-0.3, -0.25) is 0 Å². The van der Waals surface area contributed by atoms with Crippen molar-refractivity contribution in [3.8, 4) is 0 Å².